The van der Waals surface area contributed by atoms with E-state index in [0.29, 0.717) is 12.1 Å². The number of amides is 1. The highest BCUT2D eigenvalue weighted by molar-refractivity contribution is 7.09. The summed E-state index contributed by atoms with van der Waals surface area (Å²) >= 11 is 1.54. The summed E-state index contributed by atoms with van der Waals surface area (Å²) < 4.78 is 5.62. The van der Waals surface area contributed by atoms with Crippen molar-refractivity contribution < 1.29 is 14.6 Å². The smallest absolute Gasteiger partial charge is 0.413 e. The van der Waals surface area contributed by atoms with Gasteiger partial charge in [-0.3, -0.25) is 4.90 Å². The van der Waals surface area contributed by atoms with Gasteiger partial charge in [0, 0.05) is 10.4 Å². The van der Waals surface area contributed by atoms with Crippen molar-refractivity contribution in [3.63, 3.8) is 0 Å². The number of carbonyl (C=O) groups is 1. The number of cyclic esters (lactones) is 1. The molecule has 126 valence electrons. The fourth-order valence-corrected chi connectivity index (χ4v) is 3.88. The molecule has 0 unspecified atom stereocenters. The van der Waals surface area contributed by atoms with Gasteiger partial charge in [-0.25, -0.2) is 4.79 Å². The first-order valence-electron chi connectivity index (χ1n) is 8.03. The van der Waals surface area contributed by atoms with Crippen LogP contribution in [0.25, 0.3) is 0 Å². The zero-order valence-electron chi connectivity index (χ0n) is 13.4. The van der Waals surface area contributed by atoms with E-state index in [1.54, 1.807) is 11.3 Å². The van der Waals surface area contributed by atoms with Crippen molar-refractivity contribution in [1.82, 2.24) is 4.90 Å². The van der Waals surface area contributed by atoms with Gasteiger partial charge < -0.3 is 9.84 Å². The van der Waals surface area contributed by atoms with Crippen LogP contribution in [0.3, 0.4) is 0 Å². The first-order valence-corrected chi connectivity index (χ1v) is 8.91. The van der Waals surface area contributed by atoms with Gasteiger partial charge >= 0.3 is 6.09 Å². The molecule has 0 radical (unpaired) electrons. The van der Waals surface area contributed by atoms with Crippen LogP contribution in [0, 0.1) is 0 Å². The van der Waals surface area contributed by atoms with Crippen molar-refractivity contribution in [3.05, 3.63) is 94.2 Å². The standard InChI is InChI=1S/C20H17NO3S/c22-19-21(14-17-12-7-13-25-17)20(23,16-10-5-2-6-11-16)18(24-19)15-8-3-1-4-9-15/h1-13,18,23H,14H2/t18-,20+/m0/s1. The van der Waals surface area contributed by atoms with Gasteiger partial charge in [-0.2, -0.15) is 0 Å². The van der Waals surface area contributed by atoms with Gasteiger partial charge in [0.15, 0.2) is 6.10 Å². The summed E-state index contributed by atoms with van der Waals surface area (Å²) in [6.45, 7) is 0.297. The Balaban J connectivity index is 1.81. The monoisotopic (exact) mass is 351 g/mol. The third-order valence-electron chi connectivity index (χ3n) is 4.41. The quantitative estimate of drug-likeness (QED) is 0.763. The minimum Gasteiger partial charge on any atom is -0.436 e. The molecule has 2 atom stereocenters. The molecule has 1 aromatic heterocycles. The van der Waals surface area contributed by atoms with E-state index in [0.717, 1.165) is 10.4 Å². The van der Waals surface area contributed by atoms with Gasteiger partial charge in [0.25, 0.3) is 0 Å². The van der Waals surface area contributed by atoms with Gasteiger partial charge in [-0.05, 0) is 17.0 Å². The van der Waals surface area contributed by atoms with E-state index in [-0.39, 0.29) is 0 Å². The Labute approximate surface area is 149 Å². The largest absolute Gasteiger partial charge is 0.436 e. The summed E-state index contributed by atoms with van der Waals surface area (Å²) in [4.78, 5) is 15.0. The second-order valence-corrected chi connectivity index (χ2v) is 6.96. The number of ether oxygens (including phenoxy) is 1. The lowest BCUT2D eigenvalue weighted by Crippen LogP contribution is -2.45. The minimum absolute atomic E-state index is 0.297. The van der Waals surface area contributed by atoms with Crippen LogP contribution < -0.4 is 0 Å². The highest BCUT2D eigenvalue weighted by Gasteiger charge is 2.56. The first-order chi connectivity index (χ1) is 12.2. The molecule has 1 aliphatic rings. The van der Waals surface area contributed by atoms with Crippen LogP contribution in [0.1, 0.15) is 22.1 Å². The second kappa shape index (κ2) is 6.35. The van der Waals surface area contributed by atoms with Gasteiger partial charge in [-0.15, -0.1) is 11.3 Å². The lowest BCUT2D eigenvalue weighted by molar-refractivity contribution is -0.112. The van der Waals surface area contributed by atoms with E-state index < -0.39 is 17.9 Å². The lowest BCUT2D eigenvalue weighted by atomic mass is 9.91. The molecule has 5 heteroatoms. The maximum Gasteiger partial charge on any atom is 0.413 e. The van der Waals surface area contributed by atoms with Crippen LogP contribution in [-0.2, 0) is 17.0 Å². The molecule has 0 aliphatic carbocycles. The van der Waals surface area contributed by atoms with E-state index in [1.807, 2.05) is 78.2 Å². The Kier molecular flexibility index (Phi) is 4.03. The fraction of sp³-hybridized carbons (Fsp3) is 0.150. The van der Waals surface area contributed by atoms with Crippen molar-refractivity contribution >= 4 is 17.4 Å². The highest BCUT2D eigenvalue weighted by atomic mass is 32.1. The molecule has 4 rings (SSSR count). The Morgan fingerprint density at radius 1 is 1.00 bits per heavy atom. The van der Waals surface area contributed by atoms with Crippen molar-refractivity contribution in [3.8, 4) is 0 Å². The number of nitrogens with zero attached hydrogens (tertiary/aromatic N) is 1. The van der Waals surface area contributed by atoms with Gasteiger partial charge in [0.2, 0.25) is 5.72 Å². The van der Waals surface area contributed by atoms with Crippen molar-refractivity contribution in [1.29, 1.82) is 0 Å². The summed E-state index contributed by atoms with van der Waals surface area (Å²) in [5.41, 5.74) is -0.175. The molecule has 1 aliphatic heterocycles. The average molecular weight is 351 g/mol. The van der Waals surface area contributed by atoms with E-state index in [9.17, 15) is 9.90 Å². The number of carbonyl (C=O) groups excluding carboxylic acids is 1. The number of benzene rings is 2. The average Bonchev–Trinajstić information content (AvgIpc) is 3.26. The number of thiophene rings is 1. The number of aliphatic hydroxyl groups is 1. The first kappa shape index (κ1) is 15.9. The summed E-state index contributed by atoms with van der Waals surface area (Å²) in [6.07, 6.45) is -1.31. The third-order valence-corrected chi connectivity index (χ3v) is 5.27. The summed E-state index contributed by atoms with van der Waals surface area (Å²) in [6, 6.07) is 22.4. The summed E-state index contributed by atoms with van der Waals surface area (Å²) in [7, 11) is 0. The Morgan fingerprint density at radius 2 is 1.68 bits per heavy atom. The van der Waals surface area contributed by atoms with Crippen LogP contribution in [0.15, 0.2) is 78.2 Å². The Morgan fingerprint density at radius 3 is 2.32 bits per heavy atom. The minimum atomic E-state index is -1.57. The molecule has 0 saturated carbocycles. The van der Waals surface area contributed by atoms with Crippen molar-refractivity contribution in [2.45, 2.75) is 18.4 Å². The molecule has 1 fully saturated rings. The van der Waals surface area contributed by atoms with E-state index in [4.69, 9.17) is 4.74 Å². The van der Waals surface area contributed by atoms with Crippen LogP contribution >= 0.6 is 11.3 Å². The molecule has 0 spiro atoms. The number of hydrogen-bond donors (Lipinski definition) is 1. The molecule has 2 heterocycles. The highest BCUT2D eigenvalue weighted by Crippen LogP contribution is 2.47. The number of hydrogen-bond acceptors (Lipinski definition) is 4. The summed E-state index contributed by atoms with van der Waals surface area (Å²) in [5, 5.41) is 13.6. The van der Waals surface area contributed by atoms with Crippen LogP contribution in [0.4, 0.5) is 4.79 Å². The zero-order valence-corrected chi connectivity index (χ0v) is 14.2. The molecular formula is C20H17NO3S. The Hall–Kier alpha value is -2.63. The molecule has 0 bridgehead atoms. The maximum absolute atomic E-state index is 12.6. The molecule has 25 heavy (non-hydrogen) atoms. The number of rotatable bonds is 4. The topological polar surface area (TPSA) is 49.8 Å². The van der Waals surface area contributed by atoms with Gasteiger partial charge in [0.05, 0.1) is 6.54 Å². The molecule has 1 amide bonds. The maximum atomic E-state index is 12.6. The van der Waals surface area contributed by atoms with Crippen LogP contribution in [0.2, 0.25) is 0 Å². The second-order valence-electron chi connectivity index (χ2n) is 5.93. The lowest BCUT2D eigenvalue weighted by Gasteiger charge is -2.34. The molecule has 1 saturated heterocycles. The third kappa shape index (κ3) is 2.71. The Bertz CT molecular complexity index is 851. The molecule has 4 nitrogen and oxygen atoms in total. The molecule has 3 aromatic rings. The predicted molar refractivity (Wildman–Crippen MR) is 95.9 cm³/mol. The van der Waals surface area contributed by atoms with E-state index in [1.165, 1.54) is 4.90 Å². The fourth-order valence-electron chi connectivity index (χ4n) is 3.19. The van der Waals surface area contributed by atoms with Crippen molar-refractivity contribution in [2.24, 2.45) is 0 Å². The SMILES string of the molecule is O=C1O[C@@H](c2ccccc2)[C@](O)(c2ccccc2)N1Cc1cccs1. The van der Waals surface area contributed by atoms with Gasteiger partial charge in [-0.1, -0.05) is 66.7 Å². The van der Waals surface area contributed by atoms with Crippen molar-refractivity contribution in [2.75, 3.05) is 0 Å². The molecule has 2 aromatic carbocycles. The predicted octanol–water partition coefficient (Wildman–Crippen LogP) is 4.29. The van der Waals surface area contributed by atoms with Crippen LogP contribution in [-0.4, -0.2) is 16.1 Å². The zero-order chi connectivity index (χ0) is 17.3. The normalized spacial score (nSPS) is 22.8. The van der Waals surface area contributed by atoms with Gasteiger partial charge in [0.1, 0.15) is 0 Å². The molecule has 1 N–H and O–H groups in total. The molecular weight excluding hydrogens is 334 g/mol. The van der Waals surface area contributed by atoms with Crippen LogP contribution in [0.5, 0.6) is 0 Å². The summed E-state index contributed by atoms with van der Waals surface area (Å²) in [5.74, 6) is 0. The van der Waals surface area contributed by atoms with E-state index >= 15 is 0 Å². The van der Waals surface area contributed by atoms with E-state index in [2.05, 4.69) is 0 Å².